The number of thiazole rings is 1. The molecule has 0 aliphatic carbocycles. The maximum Gasteiger partial charge on any atom is 0.140 e. The summed E-state index contributed by atoms with van der Waals surface area (Å²) in [4.78, 5) is 17.6. The number of anilines is 1. The van der Waals surface area contributed by atoms with Crippen LogP contribution < -0.4 is 4.90 Å². The van der Waals surface area contributed by atoms with Crippen molar-refractivity contribution in [3.8, 4) is 0 Å². The van der Waals surface area contributed by atoms with Crippen molar-refractivity contribution >= 4 is 38.7 Å². The summed E-state index contributed by atoms with van der Waals surface area (Å²) >= 11 is 3.38. The Hall–Kier alpha value is -1.53. The van der Waals surface area contributed by atoms with E-state index in [9.17, 15) is 0 Å². The zero-order chi connectivity index (χ0) is 13.2. The molecule has 3 aromatic rings. The van der Waals surface area contributed by atoms with E-state index in [1.807, 2.05) is 5.51 Å². The molecule has 0 aromatic carbocycles. The van der Waals surface area contributed by atoms with Crippen LogP contribution in [-0.2, 0) is 6.42 Å². The first-order valence-electron chi connectivity index (χ1n) is 6.04. The summed E-state index contributed by atoms with van der Waals surface area (Å²) in [7, 11) is 2.08. The van der Waals surface area contributed by atoms with Crippen LogP contribution in [0, 0.1) is 6.92 Å². The molecule has 0 radical (unpaired) electrons. The van der Waals surface area contributed by atoms with Crippen LogP contribution in [0.15, 0.2) is 23.3 Å². The van der Waals surface area contributed by atoms with Gasteiger partial charge in [-0.15, -0.1) is 22.7 Å². The van der Waals surface area contributed by atoms with Gasteiger partial charge in [0.05, 0.1) is 16.6 Å². The average molecular weight is 290 g/mol. The molecule has 19 heavy (non-hydrogen) atoms. The molecule has 3 rings (SSSR count). The third-order valence-corrected chi connectivity index (χ3v) is 4.94. The SMILES string of the molecule is Cc1ncsc1CCN(C)c1ncnc2sccc12. The summed E-state index contributed by atoms with van der Waals surface area (Å²) in [6, 6.07) is 2.09. The second-order valence-corrected chi connectivity index (χ2v) is 6.20. The number of likely N-dealkylation sites (N-methyl/N-ethyl adjacent to an activating group) is 1. The van der Waals surface area contributed by atoms with E-state index in [-0.39, 0.29) is 0 Å². The molecule has 4 nitrogen and oxygen atoms in total. The highest BCUT2D eigenvalue weighted by Gasteiger charge is 2.10. The van der Waals surface area contributed by atoms with Gasteiger partial charge < -0.3 is 4.90 Å². The Morgan fingerprint density at radius 3 is 2.89 bits per heavy atom. The van der Waals surface area contributed by atoms with E-state index >= 15 is 0 Å². The summed E-state index contributed by atoms with van der Waals surface area (Å²) in [6.07, 6.45) is 2.64. The Balaban J connectivity index is 1.79. The van der Waals surface area contributed by atoms with Crippen molar-refractivity contribution in [3.63, 3.8) is 0 Å². The topological polar surface area (TPSA) is 41.9 Å². The van der Waals surface area contributed by atoms with Gasteiger partial charge >= 0.3 is 0 Å². The van der Waals surface area contributed by atoms with Gasteiger partial charge in [0.15, 0.2) is 0 Å². The lowest BCUT2D eigenvalue weighted by molar-refractivity contribution is 0.865. The molecule has 0 atom stereocenters. The quantitative estimate of drug-likeness (QED) is 0.740. The fourth-order valence-corrected chi connectivity index (χ4v) is 3.52. The average Bonchev–Trinajstić information content (AvgIpc) is 3.04. The highest BCUT2D eigenvalue weighted by atomic mass is 32.1. The van der Waals surface area contributed by atoms with E-state index in [0.29, 0.717) is 0 Å². The molecule has 0 saturated heterocycles. The predicted molar refractivity (Wildman–Crippen MR) is 81.2 cm³/mol. The molecular weight excluding hydrogens is 276 g/mol. The highest BCUT2D eigenvalue weighted by Crippen LogP contribution is 2.26. The molecule has 0 fully saturated rings. The van der Waals surface area contributed by atoms with Crippen molar-refractivity contribution in [1.82, 2.24) is 15.0 Å². The minimum atomic E-state index is 0.936. The largest absolute Gasteiger partial charge is 0.359 e. The van der Waals surface area contributed by atoms with Crippen LogP contribution in [0.5, 0.6) is 0 Å². The second kappa shape index (κ2) is 5.22. The molecule has 0 N–H and O–H groups in total. The van der Waals surface area contributed by atoms with Crippen molar-refractivity contribution in [2.45, 2.75) is 13.3 Å². The summed E-state index contributed by atoms with van der Waals surface area (Å²) in [5.41, 5.74) is 3.05. The Morgan fingerprint density at radius 1 is 1.21 bits per heavy atom. The minimum absolute atomic E-state index is 0.936. The second-order valence-electron chi connectivity index (χ2n) is 4.37. The Kier molecular flexibility index (Phi) is 3.44. The van der Waals surface area contributed by atoms with Crippen molar-refractivity contribution in [1.29, 1.82) is 0 Å². The van der Waals surface area contributed by atoms with E-state index < -0.39 is 0 Å². The van der Waals surface area contributed by atoms with Crippen molar-refractivity contribution in [2.24, 2.45) is 0 Å². The monoisotopic (exact) mass is 290 g/mol. The van der Waals surface area contributed by atoms with Gasteiger partial charge in [0, 0.05) is 24.9 Å². The van der Waals surface area contributed by atoms with Gasteiger partial charge in [-0.25, -0.2) is 15.0 Å². The van der Waals surface area contributed by atoms with Gasteiger partial charge in [-0.3, -0.25) is 0 Å². The first-order valence-corrected chi connectivity index (χ1v) is 7.80. The molecule has 3 aromatic heterocycles. The molecule has 0 bridgehead atoms. The summed E-state index contributed by atoms with van der Waals surface area (Å²) in [6.45, 7) is 3.00. The van der Waals surface area contributed by atoms with Crippen LogP contribution in [0.4, 0.5) is 5.82 Å². The molecule has 0 unspecified atom stereocenters. The predicted octanol–water partition coefficient (Wildman–Crippen LogP) is 3.14. The lowest BCUT2D eigenvalue weighted by Crippen LogP contribution is -2.21. The number of thiophene rings is 1. The molecule has 0 aliphatic heterocycles. The third-order valence-electron chi connectivity index (χ3n) is 3.12. The van der Waals surface area contributed by atoms with Gasteiger partial charge in [0.2, 0.25) is 0 Å². The number of rotatable bonds is 4. The molecular formula is C13H14N4S2. The van der Waals surface area contributed by atoms with Crippen LogP contribution >= 0.6 is 22.7 Å². The maximum absolute atomic E-state index is 4.41. The van der Waals surface area contributed by atoms with E-state index in [0.717, 1.165) is 34.7 Å². The first-order chi connectivity index (χ1) is 9.25. The number of fused-ring (bicyclic) bond motifs is 1. The molecule has 0 amide bonds. The molecule has 0 spiro atoms. The van der Waals surface area contributed by atoms with E-state index in [2.05, 4.69) is 45.3 Å². The van der Waals surface area contributed by atoms with Crippen LogP contribution in [0.1, 0.15) is 10.6 Å². The van der Waals surface area contributed by atoms with Crippen LogP contribution in [-0.4, -0.2) is 28.5 Å². The third kappa shape index (κ3) is 2.46. The van der Waals surface area contributed by atoms with Gasteiger partial charge in [0.1, 0.15) is 17.0 Å². The van der Waals surface area contributed by atoms with Gasteiger partial charge in [-0.05, 0) is 18.4 Å². The van der Waals surface area contributed by atoms with E-state index in [1.165, 1.54) is 4.88 Å². The Labute approximate surface area is 119 Å². The van der Waals surface area contributed by atoms with Crippen molar-refractivity contribution in [2.75, 3.05) is 18.5 Å². The number of hydrogen-bond acceptors (Lipinski definition) is 6. The summed E-state index contributed by atoms with van der Waals surface area (Å²) in [5.74, 6) is 1.01. The number of nitrogens with zero attached hydrogens (tertiary/aromatic N) is 4. The summed E-state index contributed by atoms with van der Waals surface area (Å²) < 4.78 is 0. The van der Waals surface area contributed by atoms with Crippen molar-refractivity contribution < 1.29 is 0 Å². The standard InChI is InChI=1S/C13H14N4S2/c1-9-11(19-8-16-9)3-5-17(2)12-10-4-6-18-13(10)15-7-14-12/h4,6-8H,3,5H2,1-2H3. The Morgan fingerprint density at radius 2 is 2.11 bits per heavy atom. The number of aryl methyl sites for hydroxylation is 1. The maximum atomic E-state index is 4.41. The lowest BCUT2D eigenvalue weighted by Gasteiger charge is -2.18. The normalized spacial score (nSPS) is 11.1. The van der Waals surface area contributed by atoms with Crippen LogP contribution in [0.2, 0.25) is 0 Å². The first kappa shape index (κ1) is 12.5. The zero-order valence-electron chi connectivity index (χ0n) is 10.8. The Bertz CT molecular complexity index is 689. The number of aromatic nitrogens is 3. The molecule has 0 aliphatic rings. The molecule has 6 heteroatoms. The van der Waals surface area contributed by atoms with Gasteiger partial charge in [-0.1, -0.05) is 0 Å². The van der Waals surface area contributed by atoms with E-state index in [4.69, 9.17) is 0 Å². The fraction of sp³-hybridized carbons (Fsp3) is 0.308. The highest BCUT2D eigenvalue weighted by molar-refractivity contribution is 7.16. The lowest BCUT2D eigenvalue weighted by atomic mass is 10.3. The molecule has 98 valence electrons. The van der Waals surface area contributed by atoms with E-state index in [1.54, 1.807) is 29.0 Å². The van der Waals surface area contributed by atoms with Gasteiger partial charge in [-0.2, -0.15) is 0 Å². The van der Waals surface area contributed by atoms with Crippen molar-refractivity contribution in [3.05, 3.63) is 33.9 Å². The smallest absolute Gasteiger partial charge is 0.140 e. The molecule has 0 saturated carbocycles. The molecule has 3 heterocycles. The summed E-state index contributed by atoms with van der Waals surface area (Å²) in [5, 5.41) is 3.19. The fourth-order valence-electron chi connectivity index (χ4n) is 2.02. The number of hydrogen-bond donors (Lipinski definition) is 0. The zero-order valence-corrected chi connectivity index (χ0v) is 12.5. The van der Waals surface area contributed by atoms with Gasteiger partial charge in [0.25, 0.3) is 0 Å². The van der Waals surface area contributed by atoms with Crippen LogP contribution in [0.25, 0.3) is 10.2 Å². The van der Waals surface area contributed by atoms with Crippen LogP contribution in [0.3, 0.4) is 0 Å². The minimum Gasteiger partial charge on any atom is -0.359 e.